The Morgan fingerprint density at radius 2 is 1.74 bits per heavy atom. The molecule has 2 heterocycles. The summed E-state index contributed by atoms with van der Waals surface area (Å²) in [5, 5.41) is 2.31. The van der Waals surface area contributed by atoms with Gasteiger partial charge in [-0.15, -0.1) is 0 Å². The third kappa shape index (κ3) is 3.43. The molecule has 2 fully saturated rings. The fraction of sp³-hybridized carbons (Fsp3) is 0.250. The van der Waals surface area contributed by atoms with Crippen molar-refractivity contribution in [3.8, 4) is 5.69 Å². The monoisotopic (exact) mass is 475 g/mol. The summed E-state index contributed by atoms with van der Waals surface area (Å²) in [5.41, 5.74) is 1.63. The highest BCUT2D eigenvalue weighted by molar-refractivity contribution is 14.1. The molecular formula is C20H18IN3O3. The van der Waals surface area contributed by atoms with E-state index in [1.165, 1.54) is 4.90 Å². The zero-order chi connectivity index (χ0) is 19.0. The number of carbonyl (C=O) groups is 3. The molecule has 1 aromatic heterocycles. The molecule has 7 heteroatoms. The minimum Gasteiger partial charge on any atom is -0.317 e. The smallest absolute Gasteiger partial charge is 0.317 e. The molecular weight excluding hydrogens is 457 g/mol. The molecule has 1 N–H and O–H groups in total. The summed E-state index contributed by atoms with van der Waals surface area (Å²) < 4.78 is 3.02. The normalized spacial score (nSPS) is 19.8. The van der Waals surface area contributed by atoms with Crippen LogP contribution in [-0.4, -0.2) is 33.4 Å². The second-order valence-corrected chi connectivity index (χ2v) is 7.96. The maximum atomic E-state index is 12.9. The molecule has 4 amide bonds. The minimum atomic E-state index is -0.644. The largest absolute Gasteiger partial charge is 0.331 e. The van der Waals surface area contributed by atoms with E-state index in [-0.39, 0.29) is 11.6 Å². The quantitative estimate of drug-likeness (QED) is 0.420. The number of hydrogen-bond acceptors (Lipinski definition) is 3. The van der Waals surface area contributed by atoms with E-state index in [2.05, 4.69) is 27.9 Å². The highest BCUT2D eigenvalue weighted by Gasteiger charge is 2.40. The Hall–Kier alpha value is -2.42. The first-order chi connectivity index (χ1) is 13.0. The molecule has 1 aliphatic heterocycles. The summed E-state index contributed by atoms with van der Waals surface area (Å²) in [6.07, 6.45) is 7.00. The summed E-state index contributed by atoms with van der Waals surface area (Å²) in [4.78, 5) is 38.7. The average molecular weight is 475 g/mol. The van der Waals surface area contributed by atoms with Crippen molar-refractivity contribution >= 4 is 46.5 Å². The van der Waals surface area contributed by atoms with Gasteiger partial charge in [-0.25, -0.2) is 4.79 Å². The van der Waals surface area contributed by atoms with Crippen LogP contribution in [0.2, 0.25) is 0 Å². The lowest BCUT2D eigenvalue weighted by Gasteiger charge is -2.31. The summed E-state index contributed by atoms with van der Waals surface area (Å²) >= 11 is 2.24. The number of urea groups is 1. The van der Waals surface area contributed by atoms with Crippen LogP contribution in [0, 0.1) is 3.57 Å². The van der Waals surface area contributed by atoms with Crippen LogP contribution >= 0.6 is 22.6 Å². The Morgan fingerprint density at radius 1 is 1.04 bits per heavy atom. The van der Waals surface area contributed by atoms with Gasteiger partial charge in [0.15, 0.2) is 0 Å². The second-order valence-electron chi connectivity index (χ2n) is 6.71. The maximum Gasteiger partial charge on any atom is 0.331 e. The lowest BCUT2D eigenvalue weighted by Crippen LogP contribution is -2.57. The van der Waals surface area contributed by atoms with Gasteiger partial charge in [0, 0.05) is 27.2 Å². The van der Waals surface area contributed by atoms with Crippen LogP contribution in [0.3, 0.4) is 0 Å². The van der Waals surface area contributed by atoms with E-state index in [1.54, 1.807) is 6.08 Å². The van der Waals surface area contributed by atoms with Gasteiger partial charge in [-0.2, -0.15) is 0 Å². The molecule has 2 aromatic rings. The number of benzene rings is 1. The number of nitrogens with one attached hydrogen (secondary N) is 1. The zero-order valence-corrected chi connectivity index (χ0v) is 16.7. The Labute approximate surface area is 170 Å². The second kappa shape index (κ2) is 7.30. The van der Waals surface area contributed by atoms with E-state index < -0.39 is 17.8 Å². The van der Waals surface area contributed by atoms with Crippen molar-refractivity contribution in [2.24, 2.45) is 0 Å². The van der Waals surface area contributed by atoms with Crippen LogP contribution in [0.1, 0.15) is 31.4 Å². The molecule has 1 aliphatic carbocycles. The van der Waals surface area contributed by atoms with Gasteiger partial charge in [0.25, 0.3) is 11.8 Å². The number of nitrogens with zero attached hydrogens (tertiary/aromatic N) is 2. The van der Waals surface area contributed by atoms with Crippen LogP contribution < -0.4 is 5.32 Å². The van der Waals surface area contributed by atoms with Crippen molar-refractivity contribution in [1.29, 1.82) is 0 Å². The molecule has 138 valence electrons. The summed E-state index contributed by atoms with van der Waals surface area (Å²) in [6.45, 7) is 0. The van der Waals surface area contributed by atoms with Crippen molar-refractivity contribution in [2.45, 2.75) is 31.7 Å². The van der Waals surface area contributed by atoms with Gasteiger partial charge < -0.3 is 4.57 Å². The third-order valence-electron chi connectivity index (χ3n) is 5.00. The van der Waals surface area contributed by atoms with Crippen LogP contribution in [-0.2, 0) is 9.59 Å². The number of halogens is 1. The molecule has 4 rings (SSSR count). The highest BCUT2D eigenvalue weighted by Crippen LogP contribution is 2.27. The first kappa shape index (κ1) is 18.0. The first-order valence-electron chi connectivity index (χ1n) is 8.88. The molecule has 1 aromatic carbocycles. The lowest BCUT2D eigenvalue weighted by atomic mass is 10.1. The number of imide groups is 2. The zero-order valence-electron chi connectivity index (χ0n) is 14.5. The van der Waals surface area contributed by atoms with Crippen LogP contribution in [0.15, 0.2) is 48.2 Å². The van der Waals surface area contributed by atoms with Crippen LogP contribution in [0.5, 0.6) is 0 Å². The van der Waals surface area contributed by atoms with Gasteiger partial charge in [-0.1, -0.05) is 12.8 Å². The Bertz CT molecular complexity index is 940. The number of amides is 4. The summed E-state index contributed by atoms with van der Waals surface area (Å²) in [6, 6.07) is 10.9. The fourth-order valence-corrected chi connectivity index (χ4v) is 4.02. The van der Waals surface area contributed by atoms with Crippen LogP contribution in [0.4, 0.5) is 4.79 Å². The van der Waals surface area contributed by atoms with Crippen molar-refractivity contribution in [2.75, 3.05) is 0 Å². The standard InChI is InChI=1S/C20H18IN3O3/c21-13-7-9-14(10-8-13)23-11-3-6-16(23)12-17-18(25)22-20(27)24(19(17)26)15-4-1-2-5-15/h3,6-12,15H,1-2,4-5H2,(H,22,25,27)/b17-12+. The van der Waals surface area contributed by atoms with E-state index >= 15 is 0 Å². The van der Waals surface area contributed by atoms with E-state index in [1.807, 2.05) is 47.2 Å². The van der Waals surface area contributed by atoms with Gasteiger partial charge in [-0.3, -0.25) is 19.8 Å². The highest BCUT2D eigenvalue weighted by atomic mass is 127. The van der Waals surface area contributed by atoms with Gasteiger partial charge in [-0.05, 0) is 77.9 Å². The molecule has 2 aliphatic rings. The van der Waals surface area contributed by atoms with E-state index in [0.29, 0.717) is 5.69 Å². The van der Waals surface area contributed by atoms with Gasteiger partial charge >= 0.3 is 6.03 Å². The van der Waals surface area contributed by atoms with E-state index in [4.69, 9.17) is 0 Å². The van der Waals surface area contributed by atoms with E-state index in [9.17, 15) is 14.4 Å². The molecule has 0 spiro atoms. The number of barbiturate groups is 1. The molecule has 0 atom stereocenters. The number of carbonyl (C=O) groups excluding carboxylic acids is 3. The van der Waals surface area contributed by atoms with Gasteiger partial charge in [0.05, 0.1) is 0 Å². The Morgan fingerprint density at radius 3 is 2.44 bits per heavy atom. The molecule has 1 saturated carbocycles. The first-order valence-corrected chi connectivity index (χ1v) is 9.96. The predicted molar refractivity (Wildman–Crippen MR) is 109 cm³/mol. The summed E-state index contributed by atoms with van der Waals surface area (Å²) in [7, 11) is 0. The van der Waals surface area contributed by atoms with Crippen LogP contribution in [0.25, 0.3) is 11.8 Å². The molecule has 0 bridgehead atoms. The Balaban J connectivity index is 1.70. The molecule has 0 radical (unpaired) electrons. The number of rotatable bonds is 3. The SMILES string of the molecule is O=C1NC(=O)N(C2CCCC2)C(=O)/C1=C/c1cccn1-c1ccc(I)cc1. The summed E-state index contributed by atoms with van der Waals surface area (Å²) in [5.74, 6) is -1.15. The molecule has 27 heavy (non-hydrogen) atoms. The number of hydrogen-bond donors (Lipinski definition) is 1. The van der Waals surface area contributed by atoms with Crippen molar-refractivity contribution in [1.82, 2.24) is 14.8 Å². The molecule has 0 unspecified atom stereocenters. The predicted octanol–water partition coefficient (Wildman–Crippen LogP) is 3.49. The van der Waals surface area contributed by atoms with Crippen molar-refractivity contribution in [3.05, 3.63) is 57.4 Å². The Kier molecular flexibility index (Phi) is 4.86. The van der Waals surface area contributed by atoms with Crippen molar-refractivity contribution in [3.63, 3.8) is 0 Å². The lowest BCUT2D eigenvalue weighted by molar-refractivity contribution is -0.131. The maximum absolute atomic E-state index is 12.9. The molecule has 6 nitrogen and oxygen atoms in total. The van der Waals surface area contributed by atoms with Gasteiger partial charge in [0.1, 0.15) is 5.57 Å². The number of aromatic nitrogens is 1. The topological polar surface area (TPSA) is 71.4 Å². The van der Waals surface area contributed by atoms with Gasteiger partial charge in [0.2, 0.25) is 0 Å². The molecule has 1 saturated heterocycles. The fourth-order valence-electron chi connectivity index (χ4n) is 3.66. The third-order valence-corrected chi connectivity index (χ3v) is 5.72. The average Bonchev–Trinajstić information content (AvgIpc) is 3.31. The van der Waals surface area contributed by atoms with Crippen molar-refractivity contribution < 1.29 is 14.4 Å². The van der Waals surface area contributed by atoms with E-state index in [0.717, 1.165) is 34.9 Å². The minimum absolute atomic E-state index is 0.00744.